The number of morpholine rings is 1. The van der Waals surface area contributed by atoms with E-state index < -0.39 is 4.92 Å². The zero-order valence-electron chi connectivity index (χ0n) is 15.9. The standard InChI is InChI=1S/C20H23N3O5/c1-14(2)28-17-5-3-4-15(12-17)20(24)21-16-6-7-18(19(13-16)23(25)26)22-8-10-27-11-9-22/h3-7,12-14H,8-11H2,1-2H3,(H,21,24). The third-order valence-corrected chi connectivity index (χ3v) is 4.25. The molecule has 0 saturated carbocycles. The lowest BCUT2D eigenvalue weighted by Crippen LogP contribution is -2.36. The van der Waals surface area contributed by atoms with Crippen molar-refractivity contribution in [1.82, 2.24) is 0 Å². The SMILES string of the molecule is CC(C)Oc1cccc(C(=O)Nc2ccc(N3CCOCC3)c([N+](=O)[O-])c2)c1. The summed E-state index contributed by atoms with van der Waals surface area (Å²) in [4.78, 5) is 25.6. The highest BCUT2D eigenvalue weighted by atomic mass is 16.6. The minimum Gasteiger partial charge on any atom is -0.491 e. The summed E-state index contributed by atoms with van der Waals surface area (Å²) in [6.07, 6.45) is -0.00584. The molecule has 0 spiro atoms. The van der Waals surface area contributed by atoms with Crippen molar-refractivity contribution in [2.45, 2.75) is 20.0 Å². The van der Waals surface area contributed by atoms with Crippen molar-refractivity contribution in [1.29, 1.82) is 0 Å². The molecular formula is C20H23N3O5. The number of carbonyl (C=O) groups is 1. The second-order valence-electron chi connectivity index (χ2n) is 6.71. The van der Waals surface area contributed by atoms with E-state index >= 15 is 0 Å². The molecule has 0 radical (unpaired) electrons. The smallest absolute Gasteiger partial charge is 0.294 e. The molecule has 0 unspecified atom stereocenters. The van der Waals surface area contributed by atoms with E-state index in [-0.39, 0.29) is 17.7 Å². The molecule has 1 fully saturated rings. The number of nitro benzene ring substituents is 1. The number of hydrogen-bond acceptors (Lipinski definition) is 6. The predicted octanol–water partition coefficient (Wildman–Crippen LogP) is 3.47. The number of benzene rings is 2. The van der Waals surface area contributed by atoms with Gasteiger partial charge in [0.15, 0.2) is 0 Å². The first-order chi connectivity index (χ1) is 13.4. The number of hydrogen-bond donors (Lipinski definition) is 1. The molecule has 0 aromatic heterocycles. The number of rotatable bonds is 6. The van der Waals surface area contributed by atoms with Crippen molar-refractivity contribution in [3.63, 3.8) is 0 Å². The van der Waals surface area contributed by atoms with Gasteiger partial charge in [0.05, 0.1) is 24.2 Å². The Morgan fingerprint density at radius 2 is 1.96 bits per heavy atom. The summed E-state index contributed by atoms with van der Waals surface area (Å²) in [5.74, 6) is 0.235. The highest BCUT2D eigenvalue weighted by Crippen LogP contribution is 2.32. The van der Waals surface area contributed by atoms with Crippen LogP contribution in [0, 0.1) is 10.1 Å². The van der Waals surface area contributed by atoms with Crippen LogP contribution in [0.2, 0.25) is 0 Å². The van der Waals surface area contributed by atoms with Crippen LogP contribution in [0.25, 0.3) is 0 Å². The van der Waals surface area contributed by atoms with Crippen LogP contribution >= 0.6 is 0 Å². The van der Waals surface area contributed by atoms with Gasteiger partial charge in [-0.1, -0.05) is 6.07 Å². The summed E-state index contributed by atoms with van der Waals surface area (Å²) in [6.45, 7) is 6.06. The van der Waals surface area contributed by atoms with Gasteiger partial charge in [-0.25, -0.2) is 0 Å². The van der Waals surface area contributed by atoms with E-state index in [1.165, 1.54) is 6.07 Å². The second kappa shape index (κ2) is 8.71. The quantitative estimate of drug-likeness (QED) is 0.604. The van der Waals surface area contributed by atoms with Crippen LogP contribution in [-0.2, 0) is 4.74 Å². The monoisotopic (exact) mass is 385 g/mol. The third-order valence-electron chi connectivity index (χ3n) is 4.25. The molecule has 0 bridgehead atoms. The summed E-state index contributed by atoms with van der Waals surface area (Å²) in [5, 5.41) is 14.3. The van der Waals surface area contributed by atoms with Crippen LogP contribution in [0.4, 0.5) is 17.1 Å². The highest BCUT2D eigenvalue weighted by molar-refractivity contribution is 6.04. The van der Waals surface area contributed by atoms with Crippen LogP contribution in [0.5, 0.6) is 5.75 Å². The van der Waals surface area contributed by atoms with Crippen LogP contribution < -0.4 is 15.0 Å². The van der Waals surface area contributed by atoms with Gasteiger partial charge in [0.25, 0.3) is 11.6 Å². The van der Waals surface area contributed by atoms with Gasteiger partial charge in [-0.15, -0.1) is 0 Å². The molecule has 1 heterocycles. The molecule has 1 amide bonds. The Kier molecular flexibility index (Phi) is 6.10. The normalized spacial score (nSPS) is 14.0. The summed E-state index contributed by atoms with van der Waals surface area (Å²) < 4.78 is 10.9. The maximum Gasteiger partial charge on any atom is 0.294 e. The van der Waals surface area contributed by atoms with Crippen LogP contribution in [0.15, 0.2) is 42.5 Å². The molecular weight excluding hydrogens is 362 g/mol. The zero-order valence-corrected chi connectivity index (χ0v) is 15.9. The molecule has 0 aliphatic carbocycles. The Morgan fingerprint density at radius 1 is 1.21 bits per heavy atom. The van der Waals surface area contributed by atoms with Gasteiger partial charge in [0.1, 0.15) is 11.4 Å². The number of nitrogens with zero attached hydrogens (tertiary/aromatic N) is 2. The van der Waals surface area contributed by atoms with Crippen LogP contribution in [-0.4, -0.2) is 43.2 Å². The Hall–Kier alpha value is -3.13. The van der Waals surface area contributed by atoms with Gasteiger partial charge >= 0.3 is 0 Å². The molecule has 8 nitrogen and oxygen atoms in total. The Labute approximate surface area is 163 Å². The van der Waals surface area contributed by atoms with E-state index in [4.69, 9.17) is 9.47 Å². The van der Waals surface area contributed by atoms with Gasteiger partial charge in [-0.05, 0) is 44.2 Å². The van der Waals surface area contributed by atoms with Gasteiger partial charge in [0, 0.05) is 30.4 Å². The minimum absolute atomic E-state index is 0.00584. The summed E-state index contributed by atoms with van der Waals surface area (Å²) in [6, 6.07) is 11.5. The molecule has 3 rings (SSSR count). The molecule has 148 valence electrons. The highest BCUT2D eigenvalue weighted by Gasteiger charge is 2.22. The number of nitrogens with one attached hydrogen (secondary N) is 1. The van der Waals surface area contributed by atoms with Crippen molar-refractivity contribution in [2.75, 3.05) is 36.5 Å². The fourth-order valence-corrected chi connectivity index (χ4v) is 3.01. The lowest BCUT2D eigenvalue weighted by molar-refractivity contribution is -0.384. The van der Waals surface area contributed by atoms with E-state index in [1.807, 2.05) is 18.7 Å². The lowest BCUT2D eigenvalue weighted by atomic mass is 10.1. The maximum absolute atomic E-state index is 12.6. The maximum atomic E-state index is 12.6. The van der Waals surface area contributed by atoms with Crippen molar-refractivity contribution >= 4 is 23.0 Å². The first-order valence-electron chi connectivity index (χ1n) is 9.13. The number of nitro groups is 1. The van der Waals surface area contributed by atoms with E-state index in [0.29, 0.717) is 49.0 Å². The number of amides is 1. The summed E-state index contributed by atoms with van der Waals surface area (Å²) in [5.41, 5.74) is 1.26. The molecule has 1 N–H and O–H groups in total. The van der Waals surface area contributed by atoms with Crippen molar-refractivity contribution in [3.05, 3.63) is 58.1 Å². The molecule has 0 atom stereocenters. The molecule has 28 heavy (non-hydrogen) atoms. The van der Waals surface area contributed by atoms with E-state index in [9.17, 15) is 14.9 Å². The number of anilines is 2. The third kappa shape index (κ3) is 4.77. The Morgan fingerprint density at radius 3 is 2.64 bits per heavy atom. The average Bonchev–Trinajstić information content (AvgIpc) is 2.68. The van der Waals surface area contributed by atoms with Crippen molar-refractivity contribution in [2.24, 2.45) is 0 Å². The number of carbonyl (C=O) groups excluding carboxylic acids is 1. The molecule has 2 aromatic rings. The molecule has 1 saturated heterocycles. The Balaban J connectivity index is 1.79. The summed E-state index contributed by atoms with van der Waals surface area (Å²) >= 11 is 0. The van der Waals surface area contributed by atoms with Gasteiger partial charge < -0.3 is 19.7 Å². The van der Waals surface area contributed by atoms with Gasteiger partial charge in [0.2, 0.25) is 0 Å². The fraction of sp³-hybridized carbons (Fsp3) is 0.350. The fourth-order valence-electron chi connectivity index (χ4n) is 3.01. The van der Waals surface area contributed by atoms with E-state index in [0.717, 1.165) is 0 Å². The van der Waals surface area contributed by atoms with Crippen LogP contribution in [0.3, 0.4) is 0 Å². The predicted molar refractivity (Wildman–Crippen MR) is 106 cm³/mol. The van der Waals surface area contributed by atoms with Crippen LogP contribution in [0.1, 0.15) is 24.2 Å². The molecule has 1 aliphatic heterocycles. The average molecular weight is 385 g/mol. The van der Waals surface area contributed by atoms with Gasteiger partial charge in [-0.2, -0.15) is 0 Å². The first kappa shape index (κ1) is 19.6. The first-order valence-corrected chi connectivity index (χ1v) is 9.13. The molecule has 1 aliphatic rings. The van der Waals surface area contributed by atoms with E-state index in [1.54, 1.807) is 36.4 Å². The largest absolute Gasteiger partial charge is 0.491 e. The van der Waals surface area contributed by atoms with E-state index in [2.05, 4.69) is 5.32 Å². The second-order valence-corrected chi connectivity index (χ2v) is 6.71. The lowest BCUT2D eigenvalue weighted by Gasteiger charge is -2.28. The number of ether oxygens (including phenoxy) is 2. The van der Waals surface area contributed by atoms with Crippen molar-refractivity contribution in [3.8, 4) is 5.75 Å². The minimum atomic E-state index is -0.433. The summed E-state index contributed by atoms with van der Waals surface area (Å²) in [7, 11) is 0. The molecule has 8 heteroatoms. The Bertz CT molecular complexity index is 863. The van der Waals surface area contributed by atoms with Crippen molar-refractivity contribution < 1.29 is 19.2 Å². The topological polar surface area (TPSA) is 93.9 Å². The molecule has 2 aromatic carbocycles. The van der Waals surface area contributed by atoms with Gasteiger partial charge in [-0.3, -0.25) is 14.9 Å². The zero-order chi connectivity index (χ0) is 20.1.